The number of aromatic nitrogens is 4. The van der Waals surface area contributed by atoms with Crippen molar-refractivity contribution in [2.45, 2.75) is 89.5 Å². The molecule has 2 saturated carbocycles. The fourth-order valence-corrected chi connectivity index (χ4v) is 6.13. The molecular weight excluding hydrogens is 775 g/mol. The largest absolute Gasteiger partial charge is 0.462 e. The average Bonchev–Trinajstić information content (AvgIpc) is 3.09. The number of ether oxygens (including phenoxy) is 2. The minimum atomic E-state index is -4.40. The molecule has 0 unspecified atom stereocenters. The first-order valence-electron chi connectivity index (χ1n) is 16.8. The molecule has 55 heavy (non-hydrogen) atoms. The van der Waals surface area contributed by atoms with Gasteiger partial charge in [0.25, 0.3) is 0 Å². The summed E-state index contributed by atoms with van der Waals surface area (Å²) in [5, 5.41) is 0.114. The van der Waals surface area contributed by atoms with Crippen LogP contribution in [0.3, 0.4) is 0 Å². The topological polar surface area (TPSA) is 130 Å². The first kappa shape index (κ1) is 46.8. The van der Waals surface area contributed by atoms with Crippen molar-refractivity contribution in [2.24, 2.45) is 5.73 Å². The minimum Gasteiger partial charge on any atom is -0.462 e. The maximum Gasteiger partial charge on any atom is 0.416 e. The van der Waals surface area contributed by atoms with E-state index in [0.717, 1.165) is 25.0 Å². The highest BCUT2D eigenvalue weighted by atomic mass is 35.5. The van der Waals surface area contributed by atoms with Crippen LogP contribution in [0.5, 0.6) is 0 Å². The highest BCUT2D eigenvalue weighted by Gasteiger charge is 2.46. The Bertz CT molecular complexity index is 1840. The first-order chi connectivity index (χ1) is 25.0. The summed E-state index contributed by atoms with van der Waals surface area (Å²) in [5.74, 6) is -0.524. The molecule has 0 atom stereocenters. The van der Waals surface area contributed by atoms with Crippen molar-refractivity contribution in [1.29, 1.82) is 0 Å². The molecule has 17 heteroatoms. The summed E-state index contributed by atoms with van der Waals surface area (Å²) in [4.78, 5) is 38.3. The third-order valence-corrected chi connectivity index (χ3v) is 9.17. The molecule has 2 aromatic heterocycles. The predicted octanol–water partition coefficient (Wildman–Crippen LogP) is 9.74. The van der Waals surface area contributed by atoms with Crippen molar-refractivity contribution in [2.75, 3.05) is 13.2 Å². The van der Waals surface area contributed by atoms with Gasteiger partial charge in [0.1, 0.15) is 5.82 Å². The summed E-state index contributed by atoms with van der Waals surface area (Å²) in [6, 6.07) is 11.3. The monoisotopic (exact) mass is 817 g/mol. The van der Waals surface area contributed by atoms with Crippen molar-refractivity contribution in [3.63, 3.8) is 0 Å². The molecule has 2 aliphatic rings. The Morgan fingerprint density at radius 1 is 0.709 bits per heavy atom. The highest BCUT2D eigenvalue weighted by molar-refractivity contribution is 6.28. The van der Waals surface area contributed by atoms with Crippen LogP contribution >= 0.6 is 24.0 Å². The van der Waals surface area contributed by atoms with Gasteiger partial charge in [0, 0.05) is 42.2 Å². The van der Waals surface area contributed by atoms with Gasteiger partial charge in [0.15, 0.2) is 0 Å². The fourth-order valence-electron chi connectivity index (χ4n) is 6.03. The van der Waals surface area contributed by atoms with Crippen LogP contribution in [0.4, 0.5) is 26.3 Å². The number of rotatable bonds is 8. The van der Waals surface area contributed by atoms with Gasteiger partial charge >= 0.3 is 24.3 Å². The zero-order valence-corrected chi connectivity index (χ0v) is 30.9. The van der Waals surface area contributed by atoms with Gasteiger partial charge in [0.2, 0.25) is 5.28 Å². The van der Waals surface area contributed by atoms with Crippen LogP contribution < -0.4 is 5.73 Å². The Hall–Kier alpha value is -4.34. The van der Waals surface area contributed by atoms with Crippen molar-refractivity contribution < 1.29 is 45.4 Å². The molecule has 0 amide bonds. The maximum absolute atomic E-state index is 13.4. The molecule has 2 aliphatic carbocycles. The number of alkyl halides is 6. The van der Waals surface area contributed by atoms with E-state index in [0.29, 0.717) is 55.7 Å². The lowest BCUT2D eigenvalue weighted by Gasteiger charge is -2.43. The third-order valence-electron chi connectivity index (χ3n) is 8.97. The van der Waals surface area contributed by atoms with Crippen LogP contribution in [-0.4, -0.2) is 45.1 Å². The van der Waals surface area contributed by atoms with Crippen molar-refractivity contribution in [1.82, 2.24) is 19.9 Å². The van der Waals surface area contributed by atoms with E-state index < -0.39 is 46.4 Å². The molecule has 0 spiro atoms. The van der Waals surface area contributed by atoms with Gasteiger partial charge in [0.05, 0.1) is 35.5 Å². The van der Waals surface area contributed by atoms with Gasteiger partial charge in [-0.2, -0.15) is 26.3 Å². The van der Waals surface area contributed by atoms with Crippen molar-refractivity contribution in [3.8, 4) is 0 Å². The normalized spacial score (nSPS) is 15.0. The molecule has 2 aromatic carbocycles. The summed E-state index contributed by atoms with van der Waals surface area (Å²) in [7, 11) is 0. The summed E-state index contributed by atoms with van der Waals surface area (Å²) in [6.07, 6.45) is 1.35. The van der Waals surface area contributed by atoms with Gasteiger partial charge in [-0.1, -0.05) is 50.2 Å². The molecule has 2 N–H and O–H groups in total. The van der Waals surface area contributed by atoms with Crippen LogP contribution in [0.1, 0.15) is 109 Å². The van der Waals surface area contributed by atoms with Gasteiger partial charge in [-0.05, 0) is 80.8 Å². The van der Waals surface area contributed by atoms with E-state index in [1.165, 1.54) is 43.0 Å². The molecule has 0 saturated heterocycles. The molecule has 0 bridgehead atoms. The molecule has 2 fully saturated rings. The second-order valence-corrected chi connectivity index (χ2v) is 12.8. The van der Waals surface area contributed by atoms with E-state index in [-0.39, 0.29) is 42.9 Å². The predicted molar refractivity (Wildman–Crippen MR) is 197 cm³/mol. The van der Waals surface area contributed by atoms with Crippen LogP contribution in [0.2, 0.25) is 5.28 Å². The van der Waals surface area contributed by atoms with E-state index in [4.69, 9.17) is 26.8 Å². The zero-order valence-electron chi connectivity index (χ0n) is 29.3. The van der Waals surface area contributed by atoms with E-state index in [9.17, 15) is 35.9 Å². The number of halogens is 8. The number of esters is 2. The van der Waals surface area contributed by atoms with Crippen molar-refractivity contribution >= 4 is 35.9 Å². The summed E-state index contributed by atoms with van der Waals surface area (Å²) in [5.41, 5.74) is 4.44. The van der Waals surface area contributed by atoms with E-state index in [1.54, 1.807) is 32.0 Å². The summed E-state index contributed by atoms with van der Waals surface area (Å²) < 4.78 is 87.9. The number of benzene rings is 2. The standard InChI is InChI=1S/C19H19F3N2O2.C11H12F3N.C7H7ClN2O2.CH4.ClH/c1-2-26-17(25)13-11-23-16(24-12-13)10-18(8-5-9-18)14-6-3-4-7-15(14)19(20,21)22;12-11(13,14)9-5-2-1-4-8(9)10(15)6-3-7-10;1-2-12-6(11)5-3-9-7(8)10-4-5;;/h3-4,6-7,11-12H,2,5,8-10H2,1H3;1-2,4-5H,3,6-7,15H2;3-4H,2H2,1H3;1H4;1H. The summed E-state index contributed by atoms with van der Waals surface area (Å²) >= 11 is 5.42. The third kappa shape index (κ3) is 12.1. The van der Waals surface area contributed by atoms with Crippen LogP contribution in [0.15, 0.2) is 73.3 Å². The number of carbonyl (C=O) groups is 2. The lowest BCUT2D eigenvalue weighted by Crippen LogP contribution is -2.44. The lowest BCUT2D eigenvalue weighted by molar-refractivity contribution is -0.140. The van der Waals surface area contributed by atoms with Gasteiger partial charge in [-0.15, -0.1) is 12.4 Å². The smallest absolute Gasteiger partial charge is 0.416 e. The first-order valence-corrected chi connectivity index (χ1v) is 17.2. The number of hydrogen-bond acceptors (Lipinski definition) is 9. The van der Waals surface area contributed by atoms with Gasteiger partial charge < -0.3 is 15.2 Å². The average molecular weight is 819 g/mol. The quantitative estimate of drug-likeness (QED) is 0.105. The van der Waals surface area contributed by atoms with Crippen LogP contribution in [0, 0.1) is 0 Å². The highest BCUT2D eigenvalue weighted by Crippen LogP contribution is 2.50. The Balaban J connectivity index is 0.000000307. The molecular formula is C38H43Cl2F6N5O4. The van der Waals surface area contributed by atoms with E-state index >= 15 is 0 Å². The number of nitrogens with two attached hydrogens (primary N) is 1. The number of carbonyl (C=O) groups excluding carboxylic acids is 2. The Kier molecular flexibility index (Phi) is 17.0. The second-order valence-electron chi connectivity index (χ2n) is 12.5. The van der Waals surface area contributed by atoms with Crippen LogP contribution in [-0.2, 0) is 39.2 Å². The Morgan fingerprint density at radius 2 is 1.11 bits per heavy atom. The Morgan fingerprint density at radius 3 is 1.49 bits per heavy atom. The van der Waals surface area contributed by atoms with Crippen molar-refractivity contribution in [3.05, 3.63) is 118 Å². The Labute approximate surface area is 326 Å². The SMILES string of the molecule is C.CCOC(=O)c1cnc(CC2(c3ccccc3C(F)(F)F)CCC2)nc1.CCOC(=O)c1cnc(Cl)nc1.Cl.NC1(c2ccccc2C(F)(F)F)CCC1. The zero-order chi connectivity index (χ0) is 38.9. The number of hydrogen-bond donors (Lipinski definition) is 1. The van der Waals surface area contributed by atoms with Crippen LogP contribution in [0.25, 0.3) is 0 Å². The molecule has 9 nitrogen and oxygen atoms in total. The van der Waals surface area contributed by atoms with Gasteiger partial charge in [-0.25, -0.2) is 29.5 Å². The summed E-state index contributed by atoms with van der Waals surface area (Å²) in [6.45, 7) is 4.01. The second kappa shape index (κ2) is 20.0. The lowest BCUT2D eigenvalue weighted by atomic mass is 9.61. The molecule has 0 radical (unpaired) electrons. The van der Waals surface area contributed by atoms with Gasteiger partial charge in [-0.3, -0.25) is 0 Å². The molecule has 4 aromatic rings. The molecule has 2 heterocycles. The number of nitrogens with zero attached hydrogens (tertiary/aromatic N) is 4. The molecule has 300 valence electrons. The van der Waals surface area contributed by atoms with E-state index in [1.807, 2.05) is 0 Å². The molecule has 0 aliphatic heterocycles. The maximum atomic E-state index is 13.4. The minimum absolute atomic E-state index is 0. The fraction of sp³-hybridized carbons (Fsp3) is 0.421. The molecule has 6 rings (SSSR count). The van der Waals surface area contributed by atoms with E-state index in [2.05, 4.69) is 19.9 Å².